The highest BCUT2D eigenvalue weighted by atomic mass is 16.5. The van der Waals surface area contributed by atoms with Crippen LogP contribution < -0.4 is 9.47 Å². The highest BCUT2D eigenvalue weighted by Crippen LogP contribution is 2.37. The van der Waals surface area contributed by atoms with Crippen molar-refractivity contribution in [2.75, 3.05) is 14.2 Å². The fourth-order valence-corrected chi connectivity index (χ4v) is 2.45. The predicted octanol–water partition coefficient (Wildman–Crippen LogP) is 3.45. The van der Waals surface area contributed by atoms with Crippen molar-refractivity contribution in [2.24, 2.45) is 0 Å². The molecule has 0 radical (unpaired) electrons. The Balaban J connectivity index is 2.19. The summed E-state index contributed by atoms with van der Waals surface area (Å²) in [6, 6.07) is 9.00. The molecule has 0 saturated heterocycles. The molecule has 0 unspecified atom stereocenters. The third-order valence-corrected chi connectivity index (χ3v) is 3.52. The van der Waals surface area contributed by atoms with Crippen molar-refractivity contribution in [3.05, 3.63) is 54.7 Å². The van der Waals surface area contributed by atoms with E-state index >= 15 is 0 Å². The highest BCUT2D eigenvalue weighted by molar-refractivity contribution is 5.93. The lowest BCUT2D eigenvalue weighted by atomic mass is 10.1. The van der Waals surface area contributed by atoms with Gasteiger partial charge < -0.3 is 23.6 Å². The van der Waals surface area contributed by atoms with Crippen LogP contribution in [0.1, 0.15) is 10.6 Å². The summed E-state index contributed by atoms with van der Waals surface area (Å²) in [5, 5.41) is 9.36. The number of nitrogens with zero attached hydrogens (tertiary/aromatic N) is 1. The van der Waals surface area contributed by atoms with Gasteiger partial charge in [-0.2, -0.15) is 0 Å². The number of carbonyl (C=O) groups is 1. The van der Waals surface area contributed by atoms with Gasteiger partial charge in [0, 0.05) is 18.0 Å². The molecule has 0 bridgehead atoms. The Bertz CT molecular complexity index is 833. The Labute approximate surface area is 132 Å². The van der Waals surface area contributed by atoms with E-state index in [0.717, 1.165) is 5.56 Å². The second-order valence-electron chi connectivity index (χ2n) is 4.79. The number of hydrogen-bond acceptors (Lipinski definition) is 4. The van der Waals surface area contributed by atoms with Crippen LogP contribution >= 0.6 is 0 Å². The minimum absolute atomic E-state index is 0.119. The van der Waals surface area contributed by atoms with E-state index < -0.39 is 5.97 Å². The Hall–Kier alpha value is -3.15. The third kappa shape index (κ3) is 2.55. The van der Waals surface area contributed by atoms with Crippen molar-refractivity contribution >= 4 is 5.97 Å². The first kappa shape index (κ1) is 14.8. The number of carboxylic acid groups (broad SMARTS) is 1. The average Bonchev–Trinajstić information content (AvgIpc) is 3.22. The molecule has 1 N–H and O–H groups in total. The molecule has 1 aromatic carbocycles. The van der Waals surface area contributed by atoms with Crippen LogP contribution in [0.25, 0.3) is 16.8 Å². The molecule has 0 aliphatic carbocycles. The Kier molecular flexibility index (Phi) is 3.80. The van der Waals surface area contributed by atoms with Gasteiger partial charge in [0.05, 0.1) is 14.2 Å². The lowest BCUT2D eigenvalue weighted by Crippen LogP contribution is -2.02. The van der Waals surface area contributed by atoms with Crippen LogP contribution in [-0.4, -0.2) is 29.9 Å². The fraction of sp³-hybridized carbons (Fsp3) is 0.118. The van der Waals surface area contributed by atoms with E-state index in [4.69, 9.17) is 13.9 Å². The molecule has 2 aromatic heterocycles. The van der Waals surface area contributed by atoms with Crippen LogP contribution in [0.15, 0.2) is 53.4 Å². The number of ether oxygens (including phenoxy) is 2. The summed E-state index contributed by atoms with van der Waals surface area (Å²) in [7, 11) is 3.11. The molecular formula is C17H15NO5. The molecule has 0 spiro atoms. The SMILES string of the molecule is COc1ccc(-c2coc(C(=O)O)c2-n2cccc2)cc1OC. The maximum atomic E-state index is 11.4. The van der Waals surface area contributed by atoms with Gasteiger partial charge in [-0.25, -0.2) is 4.79 Å². The zero-order chi connectivity index (χ0) is 16.4. The minimum Gasteiger partial charge on any atom is -0.493 e. The summed E-state index contributed by atoms with van der Waals surface area (Å²) in [5.74, 6) is -0.0892. The fourth-order valence-electron chi connectivity index (χ4n) is 2.45. The van der Waals surface area contributed by atoms with E-state index in [1.54, 1.807) is 43.3 Å². The van der Waals surface area contributed by atoms with E-state index in [-0.39, 0.29) is 5.76 Å². The smallest absolute Gasteiger partial charge is 0.374 e. The summed E-state index contributed by atoms with van der Waals surface area (Å²) >= 11 is 0. The van der Waals surface area contributed by atoms with Gasteiger partial charge in [0.15, 0.2) is 11.5 Å². The Morgan fingerprint density at radius 3 is 2.43 bits per heavy atom. The van der Waals surface area contributed by atoms with Crippen molar-refractivity contribution < 1.29 is 23.8 Å². The van der Waals surface area contributed by atoms with E-state index in [9.17, 15) is 9.90 Å². The minimum atomic E-state index is -1.12. The second-order valence-corrected chi connectivity index (χ2v) is 4.79. The molecule has 6 nitrogen and oxygen atoms in total. The molecule has 0 amide bonds. The van der Waals surface area contributed by atoms with Crippen LogP contribution in [0, 0.1) is 0 Å². The van der Waals surface area contributed by atoms with E-state index in [1.807, 2.05) is 18.2 Å². The van der Waals surface area contributed by atoms with Gasteiger partial charge >= 0.3 is 5.97 Å². The summed E-state index contributed by atoms with van der Waals surface area (Å²) < 4.78 is 17.5. The summed E-state index contributed by atoms with van der Waals surface area (Å²) in [4.78, 5) is 11.4. The zero-order valence-corrected chi connectivity index (χ0v) is 12.6. The van der Waals surface area contributed by atoms with E-state index in [0.29, 0.717) is 22.7 Å². The molecule has 3 rings (SSSR count). The molecule has 0 saturated carbocycles. The van der Waals surface area contributed by atoms with Gasteiger partial charge in [0.2, 0.25) is 5.76 Å². The maximum absolute atomic E-state index is 11.4. The summed E-state index contributed by atoms with van der Waals surface area (Å²) in [6.07, 6.45) is 4.96. The first-order chi connectivity index (χ1) is 11.2. The molecule has 3 aromatic rings. The van der Waals surface area contributed by atoms with Gasteiger partial charge in [0.1, 0.15) is 12.0 Å². The van der Waals surface area contributed by atoms with Crippen LogP contribution in [-0.2, 0) is 0 Å². The zero-order valence-electron chi connectivity index (χ0n) is 12.6. The Morgan fingerprint density at radius 2 is 1.83 bits per heavy atom. The molecular weight excluding hydrogens is 298 g/mol. The molecule has 0 atom stereocenters. The van der Waals surface area contributed by atoms with Crippen LogP contribution in [0.4, 0.5) is 0 Å². The van der Waals surface area contributed by atoms with Crippen molar-refractivity contribution in [1.82, 2.24) is 4.57 Å². The average molecular weight is 313 g/mol. The van der Waals surface area contributed by atoms with E-state index in [2.05, 4.69) is 0 Å². The standard InChI is InChI=1S/C17H15NO5/c1-21-13-6-5-11(9-14(13)22-2)12-10-23-16(17(19)20)15(12)18-7-3-4-8-18/h3-10H,1-2H3,(H,19,20). The van der Waals surface area contributed by atoms with Gasteiger partial charge in [-0.15, -0.1) is 0 Å². The summed E-state index contributed by atoms with van der Waals surface area (Å²) in [5.41, 5.74) is 1.89. The number of aromatic nitrogens is 1. The first-order valence-corrected chi connectivity index (χ1v) is 6.86. The largest absolute Gasteiger partial charge is 0.493 e. The number of furan rings is 1. The molecule has 0 fully saturated rings. The first-order valence-electron chi connectivity index (χ1n) is 6.86. The third-order valence-electron chi connectivity index (χ3n) is 3.52. The topological polar surface area (TPSA) is 73.8 Å². The molecule has 118 valence electrons. The van der Waals surface area contributed by atoms with Crippen molar-refractivity contribution in [3.8, 4) is 28.3 Å². The van der Waals surface area contributed by atoms with Gasteiger partial charge in [-0.05, 0) is 29.8 Å². The molecule has 23 heavy (non-hydrogen) atoms. The van der Waals surface area contributed by atoms with Crippen LogP contribution in [0.3, 0.4) is 0 Å². The van der Waals surface area contributed by atoms with Crippen molar-refractivity contribution in [1.29, 1.82) is 0 Å². The molecule has 2 heterocycles. The number of carboxylic acids is 1. The number of benzene rings is 1. The number of methoxy groups -OCH3 is 2. The van der Waals surface area contributed by atoms with Crippen molar-refractivity contribution in [3.63, 3.8) is 0 Å². The van der Waals surface area contributed by atoms with Crippen LogP contribution in [0.5, 0.6) is 11.5 Å². The van der Waals surface area contributed by atoms with E-state index in [1.165, 1.54) is 6.26 Å². The van der Waals surface area contributed by atoms with Crippen LogP contribution in [0.2, 0.25) is 0 Å². The molecule has 6 heteroatoms. The maximum Gasteiger partial charge on any atom is 0.374 e. The Morgan fingerprint density at radius 1 is 1.13 bits per heavy atom. The molecule has 0 aliphatic heterocycles. The number of hydrogen-bond donors (Lipinski definition) is 1. The number of aromatic carboxylic acids is 1. The van der Waals surface area contributed by atoms with Gasteiger partial charge in [-0.3, -0.25) is 0 Å². The monoisotopic (exact) mass is 313 g/mol. The van der Waals surface area contributed by atoms with Gasteiger partial charge in [0.25, 0.3) is 0 Å². The normalized spacial score (nSPS) is 10.5. The predicted molar refractivity (Wildman–Crippen MR) is 83.5 cm³/mol. The number of rotatable bonds is 5. The molecule has 0 aliphatic rings. The quantitative estimate of drug-likeness (QED) is 0.781. The summed E-state index contributed by atoms with van der Waals surface area (Å²) in [6.45, 7) is 0. The van der Waals surface area contributed by atoms with Gasteiger partial charge in [-0.1, -0.05) is 6.07 Å². The lowest BCUT2D eigenvalue weighted by Gasteiger charge is -2.10. The highest BCUT2D eigenvalue weighted by Gasteiger charge is 2.22. The second kappa shape index (κ2) is 5.92. The lowest BCUT2D eigenvalue weighted by molar-refractivity contribution is 0.0662. The van der Waals surface area contributed by atoms with Crippen molar-refractivity contribution in [2.45, 2.75) is 0 Å².